The summed E-state index contributed by atoms with van der Waals surface area (Å²) in [7, 11) is -2.40. The summed E-state index contributed by atoms with van der Waals surface area (Å²) >= 11 is 0. The standard InChI is InChI=1S/C18H22N2O4S/c1-12-4-5-14(8-13(12)2)10-20(16-6-7-16)18(21)15-9-17(24-11-15)25(22,23)19-3/h4-5,8-9,11,16,19H,6-7,10H2,1-3H3. The Morgan fingerprint density at radius 3 is 2.56 bits per heavy atom. The summed E-state index contributed by atoms with van der Waals surface area (Å²) in [4.78, 5) is 14.7. The van der Waals surface area contributed by atoms with Gasteiger partial charge in [-0.3, -0.25) is 4.79 Å². The van der Waals surface area contributed by atoms with Crippen LogP contribution in [0.2, 0.25) is 0 Å². The number of carbonyl (C=O) groups excluding carboxylic acids is 1. The molecule has 7 heteroatoms. The molecule has 0 aliphatic heterocycles. The first-order chi connectivity index (χ1) is 11.8. The zero-order chi connectivity index (χ0) is 18.2. The first-order valence-electron chi connectivity index (χ1n) is 8.21. The molecule has 6 nitrogen and oxygen atoms in total. The molecule has 0 unspecified atom stereocenters. The van der Waals surface area contributed by atoms with Gasteiger partial charge in [-0.2, -0.15) is 0 Å². The van der Waals surface area contributed by atoms with Crippen LogP contribution in [0.5, 0.6) is 0 Å². The Labute approximate surface area is 147 Å². The average Bonchev–Trinajstić information content (AvgIpc) is 3.30. The molecule has 1 aliphatic carbocycles. The van der Waals surface area contributed by atoms with Crippen LogP contribution in [0.3, 0.4) is 0 Å². The lowest BCUT2D eigenvalue weighted by Crippen LogP contribution is -2.32. The molecule has 1 N–H and O–H groups in total. The molecule has 0 bridgehead atoms. The van der Waals surface area contributed by atoms with E-state index in [0.717, 1.165) is 18.4 Å². The second-order valence-electron chi connectivity index (χ2n) is 6.44. The van der Waals surface area contributed by atoms with Crippen LogP contribution >= 0.6 is 0 Å². The van der Waals surface area contributed by atoms with Gasteiger partial charge in [-0.1, -0.05) is 18.2 Å². The number of hydrogen-bond acceptors (Lipinski definition) is 4. The second kappa shape index (κ2) is 6.65. The predicted octanol–water partition coefficient (Wildman–Crippen LogP) is 2.61. The maximum atomic E-state index is 12.9. The normalized spacial score (nSPS) is 14.5. The zero-order valence-corrected chi connectivity index (χ0v) is 15.4. The van der Waals surface area contributed by atoms with Crippen LogP contribution in [0.25, 0.3) is 0 Å². The minimum absolute atomic E-state index is 0.202. The minimum Gasteiger partial charge on any atom is -0.451 e. The molecule has 1 aromatic heterocycles. The maximum absolute atomic E-state index is 12.9. The van der Waals surface area contributed by atoms with Crippen molar-refractivity contribution >= 4 is 15.9 Å². The highest BCUT2D eigenvalue weighted by Gasteiger charge is 2.34. The number of amides is 1. The molecule has 0 radical (unpaired) electrons. The van der Waals surface area contributed by atoms with Crippen LogP contribution in [-0.4, -0.2) is 32.3 Å². The van der Waals surface area contributed by atoms with E-state index in [2.05, 4.69) is 23.8 Å². The fourth-order valence-electron chi connectivity index (χ4n) is 2.69. The Balaban J connectivity index is 1.83. The topological polar surface area (TPSA) is 79.6 Å². The van der Waals surface area contributed by atoms with Crippen LogP contribution in [-0.2, 0) is 16.6 Å². The lowest BCUT2D eigenvalue weighted by atomic mass is 10.1. The van der Waals surface area contributed by atoms with Crippen molar-refractivity contribution in [3.63, 3.8) is 0 Å². The van der Waals surface area contributed by atoms with E-state index < -0.39 is 10.0 Å². The number of hydrogen-bond donors (Lipinski definition) is 1. The van der Waals surface area contributed by atoms with E-state index in [9.17, 15) is 13.2 Å². The van der Waals surface area contributed by atoms with Gasteiger partial charge in [0.2, 0.25) is 5.09 Å². The third-order valence-electron chi connectivity index (χ3n) is 4.53. The fourth-order valence-corrected chi connectivity index (χ4v) is 3.35. The molecule has 1 amide bonds. The molecule has 1 saturated carbocycles. The number of benzene rings is 1. The molecule has 25 heavy (non-hydrogen) atoms. The highest BCUT2D eigenvalue weighted by Crippen LogP contribution is 2.30. The molecule has 0 spiro atoms. The predicted molar refractivity (Wildman–Crippen MR) is 93.8 cm³/mol. The summed E-state index contributed by atoms with van der Waals surface area (Å²) in [6, 6.07) is 7.65. The number of carbonyl (C=O) groups is 1. The van der Waals surface area contributed by atoms with Gasteiger partial charge in [0.05, 0.1) is 5.56 Å². The number of aryl methyl sites for hydroxylation is 2. The number of nitrogens with one attached hydrogen (secondary N) is 1. The van der Waals surface area contributed by atoms with Gasteiger partial charge in [-0.05, 0) is 50.4 Å². The minimum atomic E-state index is -3.70. The monoisotopic (exact) mass is 362 g/mol. The van der Waals surface area contributed by atoms with Gasteiger partial charge in [-0.15, -0.1) is 0 Å². The molecule has 2 aromatic rings. The van der Waals surface area contributed by atoms with Crippen LogP contribution in [0.1, 0.15) is 39.9 Å². The van der Waals surface area contributed by atoms with Gasteiger partial charge < -0.3 is 9.32 Å². The molecular weight excluding hydrogens is 340 g/mol. The summed E-state index contributed by atoms with van der Waals surface area (Å²) in [5, 5.41) is -0.250. The van der Waals surface area contributed by atoms with E-state index in [1.54, 1.807) is 4.90 Å². The van der Waals surface area contributed by atoms with Crippen molar-refractivity contribution in [2.45, 2.75) is 44.4 Å². The van der Waals surface area contributed by atoms with Crippen molar-refractivity contribution in [1.29, 1.82) is 0 Å². The SMILES string of the molecule is CNS(=O)(=O)c1cc(C(=O)N(Cc2ccc(C)c(C)c2)C2CC2)co1. The first kappa shape index (κ1) is 17.7. The van der Waals surface area contributed by atoms with Gasteiger partial charge >= 0.3 is 0 Å². The van der Waals surface area contributed by atoms with Crippen molar-refractivity contribution in [2.24, 2.45) is 0 Å². The van der Waals surface area contributed by atoms with Gasteiger partial charge in [0.1, 0.15) is 6.26 Å². The fraction of sp³-hybridized carbons (Fsp3) is 0.389. The molecule has 0 saturated heterocycles. The number of nitrogens with zero attached hydrogens (tertiary/aromatic N) is 1. The summed E-state index contributed by atoms with van der Waals surface area (Å²) in [5.74, 6) is -0.206. The van der Waals surface area contributed by atoms with E-state index in [1.807, 2.05) is 13.0 Å². The van der Waals surface area contributed by atoms with Crippen LogP contribution in [0, 0.1) is 13.8 Å². The van der Waals surface area contributed by atoms with Crippen molar-refractivity contribution in [3.8, 4) is 0 Å². The van der Waals surface area contributed by atoms with Gasteiger partial charge in [0.15, 0.2) is 0 Å². The Kier molecular flexibility index (Phi) is 4.71. The third-order valence-corrected chi connectivity index (χ3v) is 5.81. The first-order valence-corrected chi connectivity index (χ1v) is 9.69. The van der Waals surface area contributed by atoms with Crippen molar-refractivity contribution in [3.05, 3.63) is 52.8 Å². The smallest absolute Gasteiger partial charge is 0.273 e. The molecule has 3 rings (SSSR count). The van der Waals surface area contributed by atoms with Crippen molar-refractivity contribution in [1.82, 2.24) is 9.62 Å². The van der Waals surface area contributed by atoms with E-state index in [4.69, 9.17) is 4.42 Å². The molecule has 1 heterocycles. The maximum Gasteiger partial charge on any atom is 0.273 e. The molecule has 1 aliphatic rings. The summed E-state index contributed by atoms with van der Waals surface area (Å²) in [6.45, 7) is 4.61. The Morgan fingerprint density at radius 1 is 1.24 bits per heavy atom. The van der Waals surface area contributed by atoms with Crippen LogP contribution < -0.4 is 4.72 Å². The molecule has 1 aromatic carbocycles. The van der Waals surface area contributed by atoms with Crippen LogP contribution in [0.4, 0.5) is 0 Å². The van der Waals surface area contributed by atoms with E-state index in [0.29, 0.717) is 6.54 Å². The largest absolute Gasteiger partial charge is 0.451 e. The van der Waals surface area contributed by atoms with Crippen molar-refractivity contribution < 1.29 is 17.6 Å². The summed E-state index contributed by atoms with van der Waals surface area (Å²) in [6.07, 6.45) is 3.15. The van der Waals surface area contributed by atoms with Gasteiger partial charge in [0.25, 0.3) is 15.9 Å². The lowest BCUT2D eigenvalue weighted by Gasteiger charge is -2.22. The van der Waals surface area contributed by atoms with Crippen LogP contribution in [0.15, 0.2) is 40.0 Å². The number of sulfonamides is 1. The average molecular weight is 362 g/mol. The molecule has 0 atom stereocenters. The molecule has 1 fully saturated rings. The van der Waals surface area contributed by atoms with E-state index in [1.165, 1.54) is 30.5 Å². The van der Waals surface area contributed by atoms with Gasteiger partial charge in [-0.25, -0.2) is 13.1 Å². The number of rotatable bonds is 6. The lowest BCUT2D eigenvalue weighted by molar-refractivity contribution is 0.0729. The number of furan rings is 1. The zero-order valence-electron chi connectivity index (χ0n) is 14.6. The quantitative estimate of drug-likeness (QED) is 0.857. The highest BCUT2D eigenvalue weighted by atomic mass is 32.2. The van der Waals surface area contributed by atoms with Gasteiger partial charge in [0, 0.05) is 18.7 Å². The Bertz CT molecular complexity index is 898. The van der Waals surface area contributed by atoms with E-state index in [-0.39, 0.29) is 22.6 Å². The van der Waals surface area contributed by atoms with Crippen molar-refractivity contribution in [2.75, 3.05) is 7.05 Å². The van der Waals surface area contributed by atoms with E-state index >= 15 is 0 Å². The highest BCUT2D eigenvalue weighted by molar-refractivity contribution is 7.89. The summed E-state index contributed by atoms with van der Waals surface area (Å²) < 4.78 is 30.8. The Hall–Kier alpha value is -2.12. The third kappa shape index (κ3) is 3.77. The molecular formula is C18H22N2O4S. The summed E-state index contributed by atoms with van der Waals surface area (Å²) in [5.41, 5.74) is 3.72. The Morgan fingerprint density at radius 2 is 1.96 bits per heavy atom. The molecule has 134 valence electrons. The second-order valence-corrected chi connectivity index (χ2v) is 8.26.